The van der Waals surface area contributed by atoms with E-state index in [1.807, 2.05) is 20.8 Å². The Labute approximate surface area is 257 Å². The summed E-state index contributed by atoms with van der Waals surface area (Å²) in [6.45, 7) is 7.36. The van der Waals surface area contributed by atoms with Crippen molar-refractivity contribution in [2.45, 2.75) is 57.6 Å². The highest BCUT2D eigenvalue weighted by Gasteiger charge is 2.32. The summed E-state index contributed by atoms with van der Waals surface area (Å²) < 4.78 is 40.4. The molecule has 42 heavy (non-hydrogen) atoms. The Balaban J connectivity index is 2.02. The first-order valence-corrected chi connectivity index (χ1v) is 16.0. The van der Waals surface area contributed by atoms with Crippen molar-refractivity contribution in [2.24, 2.45) is 0 Å². The van der Waals surface area contributed by atoms with Crippen molar-refractivity contribution >= 4 is 43.5 Å². The van der Waals surface area contributed by atoms with Gasteiger partial charge in [0.15, 0.2) is 0 Å². The number of halogens is 1. The van der Waals surface area contributed by atoms with E-state index >= 15 is 0 Å². The predicted octanol–water partition coefficient (Wildman–Crippen LogP) is 5.38. The third kappa shape index (κ3) is 8.48. The van der Waals surface area contributed by atoms with E-state index in [0.29, 0.717) is 18.1 Å². The summed E-state index contributed by atoms with van der Waals surface area (Å²) in [5.74, 6) is 0.369. The molecule has 0 heterocycles. The Morgan fingerprint density at radius 1 is 0.905 bits per heavy atom. The number of hydrogen-bond donors (Lipinski definition) is 1. The van der Waals surface area contributed by atoms with Gasteiger partial charge in [-0.25, -0.2) is 8.42 Å². The summed E-state index contributed by atoms with van der Waals surface area (Å²) in [5, 5.41) is 2.93. The van der Waals surface area contributed by atoms with Crippen LogP contribution in [-0.2, 0) is 26.2 Å². The summed E-state index contributed by atoms with van der Waals surface area (Å²) in [7, 11) is -2.61. The van der Waals surface area contributed by atoms with Gasteiger partial charge >= 0.3 is 0 Å². The number of methoxy groups -OCH3 is 1. The lowest BCUT2D eigenvalue weighted by atomic mass is 10.1. The number of anilines is 1. The van der Waals surface area contributed by atoms with Crippen LogP contribution in [0.4, 0.5) is 5.69 Å². The Kier molecular flexibility index (Phi) is 11.8. The number of rotatable bonds is 14. The molecule has 11 heteroatoms. The Bertz CT molecular complexity index is 1430. The van der Waals surface area contributed by atoms with Crippen molar-refractivity contribution in [3.63, 3.8) is 0 Å². The first kappa shape index (κ1) is 32.9. The van der Waals surface area contributed by atoms with E-state index in [9.17, 15) is 18.0 Å². The van der Waals surface area contributed by atoms with Gasteiger partial charge in [-0.3, -0.25) is 13.9 Å². The summed E-state index contributed by atoms with van der Waals surface area (Å²) in [6, 6.07) is 18.9. The van der Waals surface area contributed by atoms with E-state index in [1.54, 1.807) is 74.7 Å². The van der Waals surface area contributed by atoms with Crippen LogP contribution in [-0.4, -0.2) is 57.5 Å². The van der Waals surface area contributed by atoms with Crippen LogP contribution in [0.2, 0.25) is 0 Å². The maximum atomic E-state index is 14.0. The van der Waals surface area contributed by atoms with Gasteiger partial charge in [-0.1, -0.05) is 35.0 Å². The van der Waals surface area contributed by atoms with Crippen LogP contribution in [0, 0.1) is 0 Å². The maximum absolute atomic E-state index is 14.0. The average molecular weight is 661 g/mol. The minimum atomic E-state index is -4.17. The lowest BCUT2D eigenvalue weighted by molar-refractivity contribution is -0.139. The monoisotopic (exact) mass is 659 g/mol. The Morgan fingerprint density at radius 2 is 1.50 bits per heavy atom. The van der Waals surface area contributed by atoms with Crippen LogP contribution in [0.15, 0.2) is 82.2 Å². The number of nitrogens with one attached hydrogen (secondary N) is 1. The smallest absolute Gasteiger partial charge is 0.264 e. The van der Waals surface area contributed by atoms with Crippen LogP contribution in [0.5, 0.6) is 11.5 Å². The number of nitrogens with zero attached hydrogens (tertiary/aromatic N) is 2. The van der Waals surface area contributed by atoms with Crippen molar-refractivity contribution in [2.75, 3.05) is 24.6 Å². The van der Waals surface area contributed by atoms with Gasteiger partial charge in [0.1, 0.15) is 24.1 Å². The molecule has 2 atom stereocenters. The van der Waals surface area contributed by atoms with Gasteiger partial charge in [-0.2, -0.15) is 0 Å². The summed E-state index contributed by atoms with van der Waals surface area (Å²) in [5.41, 5.74) is 1.05. The van der Waals surface area contributed by atoms with Gasteiger partial charge in [0.25, 0.3) is 10.0 Å². The van der Waals surface area contributed by atoms with Gasteiger partial charge in [0.05, 0.1) is 24.3 Å². The fraction of sp³-hybridized carbons (Fsp3) is 0.355. The highest BCUT2D eigenvalue weighted by atomic mass is 79.9. The zero-order valence-corrected chi connectivity index (χ0v) is 26.9. The average Bonchev–Trinajstić information content (AvgIpc) is 2.99. The van der Waals surface area contributed by atoms with Crippen LogP contribution >= 0.6 is 15.9 Å². The van der Waals surface area contributed by atoms with Crippen molar-refractivity contribution in [3.8, 4) is 11.5 Å². The Hall–Kier alpha value is -3.57. The highest BCUT2D eigenvalue weighted by Crippen LogP contribution is 2.27. The molecule has 0 saturated heterocycles. The normalized spacial score (nSPS) is 12.6. The maximum Gasteiger partial charge on any atom is 0.264 e. The number of benzene rings is 3. The van der Waals surface area contributed by atoms with Crippen molar-refractivity contribution in [3.05, 3.63) is 82.8 Å². The van der Waals surface area contributed by atoms with E-state index in [0.717, 1.165) is 20.8 Å². The van der Waals surface area contributed by atoms with E-state index in [-0.39, 0.29) is 29.1 Å². The third-order valence-electron chi connectivity index (χ3n) is 6.80. The zero-order chi connectivity index (χ0) is 30.9. The number of sulfonamides is 1. The lowest BCUT2D eigenvalue weighted by Gasteiger charge is -2.32. The van der Waals surface area contributed by atoms with Gasteiger partial charge in [-0.15, -0.1) is 0 Å². The molecule has 0 unspecified atom stereocenters. The molecule has 3 aromatic rings. The largest absolute Gasteiger partial charge is 0.497 e. The number of hydrogen-bond acceptors (Lipinski definition) is 6. The molecule has 1 N–H and O–H groups in total. The summed E-state index contributed by atoms with van der Waals surface area (Å²) in [4.78, 5) is 28.6. The minimum Gasteiger partial charge on any atom is -0.497 e. The van der Waals surface area contributed by atoms with Crippen molar-refractivity contribution in [1.29, 1.82) is 0 Å². The number of carbonyl (C=O) groups excluding carboxylic acids is 2. The highest BCUT2D eigenvalue weighted by molar-refractivity contribution is 9.10. The molecule has 3 aromatic carbocycles. The number of ether oxygens (including phenoxy) is 2. The van der Waals surface area contributed by atoms with Crippen molar-refractivity contribution < 1.29 is 27.5 Å². The number of amides is 2. The van der Waals surface area contributed by atoms with Gasteiger partial charge in [0.2, 0.25) is 11.8 Å². The van der Waals surface area contributed by atoms with Crippen LogP contribution < -0.4 is 19.1 Å². The molecule has 0 aliphatic heterocycles. The van der Waals surface area contributed by atoms with Gasteiger partial charge in [-0.05, 0) is 93.4 Å². The molecule has 9 nitrogen and oxygen atoms in total. The van der Waals surface area contributed by atoms with Crippen LogP contribution in [0.1, 0.15) is 39.7 Å². The van der Waals surface area contributed by atoms with Crippen LogP contribution in [0.25, 0.3) is 0 Å². The molecule has 0 fully saturated rings. The topological polar surface area (TPSA) is 105 Å². The van der Waals surface area contributed by atoms with E-state index in [1.165, 1.54) is 17.0 Å². The first-order valence-electron chi connectivity index (χ1n) is 13.7. The number of carbonyl (C=O) groups is 2. The van der Waals surface area contributed by atoms with E-state index in [4.69, 9.17) is 9.47 Å². The van der Waals surface area contributed by atoms with Crippen molar-refractivity contribution in [1.82, 2.24) is 10.2 Å². The Morgan fingerprint density at radius 3 is 2.05 bits per heavy atom. The molecular weight excluding hydrogens is 622 g/mol. The molecule has 2 amide bonds. The second kappa shape index (κ2) is 15.1. The van der Waals surface area contributed by atoms with Gasteiger partial charge in [0, 0.05) is 17.1 Å². The van der Waals surface area contributed by atoms with E-state index in [2.05, 4.69) is 21.2 Å². The second-order valence-corrected chi connectivity index (χ2v) is 12.5. The molecule has 3 rings (SSSR count). The molecule has 0 spiro atoms. The fourth-order valence-electron chi connectivity index (χ4n) is 4.11. The second-order valence-electron chi connectivity index (χ2n) is 9.76. The fourth-order valence-corrected chi connectivity index (χ4v) is 5.79. The summed E-state index contributed by atoms with van der Waals surface area (Å²) in [6.07, 6.45) is 0.724. The molecule has 0 aliphatic carbocycles. The quantitative estimate of drug-likeness (QED) is 0.249. The standard InChI is InChI=1S/C31H38BrN3O6S/c1-6-22(3)33-31(37)23(4)34(20-24-8-14-27(40-5)15-9-24)30(36)21-35(26-12-16-28(17-13-26)41-7-2)42(38,39)29-18-10-25(32)11-19-29/h8-19,22-23H,6-7,20-21H2,1-5H3,(H,33,37)/t22-,23+/m1/s1. The molecule has 0 saturated carbocycles. The van der Waals surface area contributed by atoms with Gasteiger partial charge < -0.3 is 19.7 Å². The molecule has 0 bridgehead atoms. The van der Waals surface area contributed by atoms with Crippen LogP contribution in [0.3, 0.4) is 0 Å². The third-order valence-corrected chi connectivity index (χ3v) is 9.11. The molecule has 0 aromatic heterocycles. The molecule has 226 valence electrons. The predicted molar refractivity (Wildman–Crippen MR) is 167 cm³/mol. The summed E-state index contributed by atoms with van der Waals surface area (Å²) >= 11 is 3.34. The molecular formula is C31H38BrN3O6S. The first-order chi connectivity index (χ1) is 20.0. The molecule has 0 aliphatic rings. The lowest BCUT2D eigenvalue weighted by Crippen LogP contribution is -2.52. The SMILES string of the molecule is CCOc1ccc(N(CC(=O)N(Cc2ccc(OC)cc2)[C@@H](C)C(=O)N[C@H](C)CC)S(=O)(=O)c2ccc(Br)cc2)cc1. The minimum absolute atomic E-state index is 0.0247. The van der Waals surface area contributed by atoms with E-state index < -0.39 is 28.5 Å². The zero-order valence-electron chi connectivity index (χ0n) is 24.5. The molecule has 0 radical (unpaired) electrons.